The molecule has 1 aromatic carbocycles. The first-order chi connectivity index (χ1) is 10.2. The summed E-state index contributed by atoms with van der Waals surface area (Å²) >= 11 is 0. The van der Waals surface area contributed by atoms with Crippen LogP contribution in [0.1, 0.15) is 18.1 Å². The molecule has 1 heterocycles. The zero-order chi connectivity index (χ0) is 15.1. The van der Waals surface area contributed by atoms with Gasteiger partial charge in [-0.25, -0.2) is 9.78 Å². The lowest BCUT2D eigenvalue weighted by molar-refractivity contribution is -0.136. The van der Waals surface area contributed by atoms with Crippen molar-refractivity contribution in [2.45, 2.75) is 13.8 Å². The lowest BCUT2D eigenvalue weighted by Crippen LogP contribution is -2.09. The molecular formula is C17H18N2O2. The van der Waals surface area contributed by atoms with Crippen LogP contribution >= 0.6 is 0 Å². The Morgan fingerprint density at radius 1 is 1.24 bits per heavy atom. The molecule has 2 rings (SSSR count). The van der Waals surface area contributed by atoms with Gasteiger partial charge in [0.25, 0.3) is 0 Å². The van der Waals surface area contributed by atoms with Crippen LogP contribution < -0.4 is 5.32 Å². The van der Waals surface area contributed by atoms with Gasteiger partial charge < -0.3 is 10.1 Å². The van der Waals surface area contributed by atoms with Gasteiger partial charge in [0.2, 0.25) is 0 Å². The fraction of sp³-hybridized carbons (Fsp3) is 0.176. The van der Waals surface area contributed by atoms with Gasteiger partial charge in [0.05, 0.1) is 12.2 Å². The highest BCUT2D eigenvalue weighted by Gasteiger charge is 2.13. The Kier molecular flexibility index (Phi) is 5.10. The van der Waals surface area contributed by atoms with E-state index in [4.69, 9.17) is 4.74 Å². The maximum Gasteiger partial charge on any atom is 0.340 e. The van der Waals surface area contributed by atoms with Gasteiger partial charge in [0, 0.05) is 12.4 Å². The summed E-state index contributed by atoms with van der Waals surface area (Å²) < 4.78 is 5.11. The summed E-state index contributed by atoms with van der Waals surface area (Å²) in [6.45, 7) is 4.08. The minimum absolute atomic E-state index is 0.339. The average molecular weight is 282 g/mol. The summed E-state index contributed by atoms with van der Waals surface area (Å²) in [5, 5.41) is 3.08. The van der Waals surface area contributed by atoms with E-state index in [0.717, 1.165) is 16.9 Å². The topological polar surface area (TPSA) is 51.2 Å². The maximum absolute atomic E-state index is 12.1. The average Bonchev–Trinajstić information content (AvgIpc) is 2.50. The fourth-order valence-electron chi connectivity index (χ4n) is 1.86. The van der Waals surface area contributed by atoms with Crippen molar-refractivity contribution in [3.05, 3.63) is 66.0 Å². The molecule has 0 aliphatic rings. The van der Waals surface area contributed by atoms with Crippen LogP contribution in [0.5, 0.6) is 0 Å². The quantitative estimate of drug-likeness (QED) is 0.674. The van der Waals surface area contributed by atoms with Gasteiger partial charge >= 0.3 is 5.97 Å². The van der Waals surface area contributed by atoms with Gasteiger partial charge in [0.1, 0.15) is 5.82 Å². The van der Waals surface area contributed by atoms with Gasteiger partial charge in [-0.2, -0.15) is 0 Å². The number of esters is 1. The number of ether oxygens (including phenoxy) is 1. The molecule has 0 aliphatic heterocycles. The van der Waals surface area contributed by atoms with Crippen molar-refractivity contribution < 1.29 is 9.53 Å². The number of hydrogen-bond acceptors (Lipinski definition) is 4. The molecule has 2 aromatic rings. The van der Waals surface area contributed by atoms with E-state index < -0.39 is 0 Å². The number of hydrogen-bond donors (Lipinski definition) is 1. The van der Waals surface area contributed by atoms with Crippen LogP contribution in [0.15, 0.2) is 54.9 Å². The Labute approximate surface area is 124 Å². The smallest absolute Gasteiger partial charge is 0.340 e. The maximum atomic E-state index is 12.1. The highest BCUT2D eigenvalue weighted by atomic mass is 16.5. The first-order valence-corrected chi connectivity index (χ1v) is 6.83. The first kappa shape index (κ1) is 14.8. The summed E-state index contributed by atoms with van der Waals surface area (Å²) in [7, 11) is 0. The van der Waals surface area contributed by atoms with Crippen molar-refractivity contribution >= 4 is 17.4 Å². The zero-order valence-electron chi connectivity index (χ0n) is 12.2. The summed E-state index contributed by atoms with van der Waals surface area (Å²) in [5.74, 6) is 0.361. The van der Waals surface area contributed by atoms with Crippen LogP contribution in [0.3, 0.4) is 0 Å². The van der Waals surface area contributed by atoms with E-state index in [1.165, 1.54) is 0 Å². The van der Waals surface area contributed by atoms with Gasteiger partial charge in [-0.3, -0.25) is 0 Å². The predicted octanol–water partition coefficient (Wildman–Crippen LogP) is 3.41. The van der Waals surface area contributed by atoms with E-state index in [-0.39, 0.29) is 5.97 Å². The second-order valence-electron chi connectivity index (χ2n) is 4.46. The Hall–Kier alpha value is -2.62. The lowest BCUT2D eigenvalue weighted by Gasteiger charge is -2.09. The number of nitrogens with zero attached hydrogens (tertiary/aromatic N) is 1. The van der Waals surface area contributed by atoms with Crippen molar-refractivity contribution in [1.82, 2.24) is 4.98 Å². The van der Waals surface area contributed by atoms with Crippen LogP contribution in [0.2, 0.25) is 0 Å². The molecule has 0 amide bonds. The van der Waals surface area contributed by atoms with Gasteiger partial charge in [-0.1, -0.05) is 36.4 Å². The molecule has 0 spiro atoms. The number of benzene rings is 1. The van der Waals surface area contributed by atoms with Gasteiger partial charge in [0.15, 0.2) is 0 Å². The fourth-order valence-corrected chi connectivity index (χ4v) is 1.86. The third-order valence-electron chi connectivity index (χ3n) is 2.94. The second-order valence-corrected chi connectivity index (χ2v) is 4.46. The van der Waals surface area contributed by atoms with Crippen LogP contribution in [0.25, 0.3) is 5.57 Å². The molecule has 4 nitrogen and oxygen atoms in total. The van der Waals surface area contributed by atoms with E-state index in [1.807, 2.05) is 49.4 Å². The number of rotatable bonds is 5. The summed E-state index contributed by atoms with van der Waals surface area (Å²) in [6.07, 6.45) is 3.35. The number of nitrogens with one attached hydrogen (secondary N) is 1. The largest absolute Gasteiger partial charge is 0.462 e. The minimum Gasteiger partial charge on any atom is -0.462 e. The van der Waals surface area contributed by atoms with Crippen LogP contribution in [-0.4, -0.2) is 17.6 Å². The van der Waals surface area contributed by atoms with Crippen LogP contribution in [0.4, 0.5) is 5.82 Å². The third-order valence-corrected chi connectivity index (χ3v) is 2.94. The van der Waals surface area contributed by atoms with Crippen LogP contribution in [-0.2, 0) is 9.53 Å². The van der Waals surface area contributed by atoms with E-state index in [0.29, 0.717) is 12.2 Å². The molecule has 0 fully saturated rings. The molecule has 0 radical (unpaired) electrons. The molecule has 0 atom stereocenters. The highest BCUT2D eigenvalue weighted by Crippen LogP contribution is 2.17. The Morgan fingerprint density at radius 3 is 2.67 bits per heavy atom. The SMILES string of the molecule is CCOC(=O)/C(=C\Nc1ncccc1C)c1ccccc1. The predicted molar refractivity (Wildman–Crippen MR) is 83.6 cm³/mol. The zero-order valence-corrected chi connectivity index (χ0v) is 12.2. The molecule has 4 heteroatoms. The Bertz CT molecular complexity index is 636. The van der Waals surface area contributed by atoms with E-state index in [9.17, 15) is 4.79 Å². The molecule has 1 aromatic heterocycles. The van der Waals surface area contributed by atoms with Crippen molar-refractivity contribution in [2.75, 3.05) is 11.9 Å². The van der Waals surface area contributed by atoms with Crippen molar-refractivity contribution in [2.24, 2.45) is 0 Å². The van der Waals surface area contributed by atoms with Crippen molar-refractivity contribution in [1.29, 1.82) is 0 Å². The standard InChI is InChI=1S/C17H18N2O2/c1-3-21-17(20)15(14-9-5-4-6-10-14)12-19-16-13(2)8-7-11-18-16/h4-12H,3H2,1-2H3,(H,18,19)/b15-12-. The Morgan fingerprint density at radius 2 is 2.00 bits per heavy atom. The van der Waals surface area contributed by atoms with Gasteiger partial charge in [-0.05, 0) is 31.0 Å². The van der Waals surface area contributed by atoms with E-state index in [1.54, 1.807) is 19.3 Å². The molecule has 108 valence electrons. The third kappa shape index (κ3) is 3.92. The molecule has 0 bridgehead atoms. The van der Waals surface area contributed by atoms with E-state index >= 15 is 0 Å². The summed E-state index contributed by atoms with van der Waals surface area (Å²) in [6, 6.07) is 13.2. The number of carbonyl (C=O) groups is 1. The number of pyridine rings is 1. The van der Waals surface area contributed by atoms with Crippen LogP contribution in [0, 0.1) is 6.92 Å². The molecule has 1 N–H and O–H groups in total. The number of carbonyl (C=O) groups excluding carboxylic acids is 1. The molecule has 0 saturated heterocycles. The number of anilines is 1. The Balaban J connectivity index is 2.29. The lowest BCUT2D eigenvalue weighted by atomic mass is 10.1. The summed E-state index contributed by atoms with van der Waals surface area (Å²) in [5.41, 5.74) is 2.28. The molecule has 0 unspecified atom stereocenters. The van der Waals surface area contributed by atoms with E-state index in [2.05, 4.69) is 10.3 Å². The monoisotopic (exact) mass is 282 g/mol. The number of aryl methyl sites for hydroxylation is 1. The highest BCUT2D eigenvalue weighted by molar-refractivity contribution is 6.16. The summed E-state index contributed by atoms with van der Waals surface area (Å²) in [4.78, 5) is 16.3. The number of aromatic nitrogens is 1. The molecule has 0 saturated carbocycles. The normalized spacial score (nSPS) is 11.0. The second kappa shape index (κ2) is 7.24. The van der Waals surface area contributed by atoms with Crippen molar-refractivity contribution in [3.8, 4) is 0 Å². The first-order valence-electron chi connectivity index (χ1n) is 6.83. The van der Waals surface area contributed by atoms with Crippen molar-refractivity contribution in [3.63, 3.8) is 0 Å². The molecule has 21 heavy (non-hydrogen) atoms. The minimum atomic E-state index is -0.357. The molecule has 0 aliphatic carbocycles. The van der Waals surface area contributed by atoms with Gasteiger partial charge in [-0.15, -0.1) is 0 Å². The molecular weight excluding hydrogens is 264 g/mol.